The van der Waals surface area contributed by atoms with E-state index in [2.05, 4.69) is 4.98 Å². The first-order chi connectivity index (χ1) is 12.7. The van der Waals surface area contributed by atoms with Gasteiger partial charge in [-0.2, -0.15) is 5.26 Å². The van der Waals surface area contributed by atoms with Crippen LogP contribution >= 0.6 is 23.4 Å². The van der Waals surface area contributed by atoms with Gasteiger partial charge < -0.3 is 4.90 Å². The Labute approximate surface area is 159 Å². The lowest BCUT2D eigenvalue weighted by Gasteiger charge is -2.31. The normalized spacial score (nSPS) is 13.2. The van der Waals surface area contributed by atoms with Crippen LogP contribution in [0.25, 0.3) is 11.3 Å². The third-order valence-corrected chi connectivity index (χ3v) is 5.48. The van der Waals surface area contributed by atoms with E-state index in [1.807, 2.05) is 65.6 Å². The molecule has 1 aromatic heterocycles. The molecule has 0 aliphatic carbocycles. The lowest BCUT2D eigenvalue weighted by molar-refractivity contribution is 0.560. The summed E-state index contributed by atoms with van der Waals surface area (Å²) in [5.41, 5.74) is 1.77. The first-order valence-electron chi connectivity index (χ1n) is 7.91. The zero-order valence-corrected chi connectivity index (χ0v) is 15.2. The summed E-state index contributed by atoms with van der Waals surface area (Å²) < 4.78 is 1.53. The molecule has 0 spiro atoms. The van der Waals surface area contributed by atoms with Crippen molar-refractivity contribution >= 4 is 29.1 Å². The molecule has 0 amide bonds. The van der Waals surface area contributed by atoms with Crippen LogP contribution in [0.15, 0.2) is 64.5 Å². The maximum absolute atomic E-state index is 12.9. The molecule has 0 fully saturated rings. The number of rotatable bonds is 2. The molecule has 2 aromatic carbocycles. The fourth-order valence-corrected chi connectivity index (χ4v) is 4.08. The van der Waals surface area contributed by atoms with E-state index in [-0.39, 0.29) is 11.1 Å². The van der Waals surface area contributed by atoms with Crippen molar-refractivity contribution in [3.63, 3.8) is 0 Å². The van der Waals surface area contributed by atoms with Gasteiger partial charge in [-0.05, 0) is 12.1 Å². The van der Waals surface area contributed by atoms with Crippen LogP contribution in [0.5, 0.6) is 0 Å². The third kappa shape index (κ3) is 2.85. The predicted molar refractivity (Wildman–Crippen MR) is 103 cm³/mol. The van der Waals surface area contributed by atoms with Gasteiger partial charge in [-0.25, -0.2) is 4.98 Å². The molecular weight excluding hydrogens is 368 g/mol. The minimum absolute atomic E-state index is 0.0570. The Morgan fingerprint density at radius 3 is 2.58 bits per heavy atom. The molecule has 1 aliphatic rings. The SMILES string of the molecule is N#Cc1c(-c2ccccc2)nc2n(c1=O)CN(c1ccccc1Cl)CS2. The van der Waals surface area contributed by atoms with Gasteiger partial charge in [0.15, 0.2) is 5.16 Å². The highest BCUT2D eigenvalue weighted by Gasteiger charge is 2.24. The average Bonchev–Trinajstić information content (AvgIpc) is 2.69. The molecule has 4 rings (SSSR count). The van der Waals surface area contributed by atoms with Crippen molar-refractivity contribution in [2.45, 2.75) is 11.8 Å². The lowest BCUT2D eigenvalue weighted by Crippen LogP contribution is -2.38. The highest BCUT2D eigenvalue weighted by molar-refractivity contribution is 7.99. The number of anilines is 1. The molecule has 0 unspecified atom stereocenters. The molecule has 5 nitrogen and oxygen atoms in total. The molecular formula is C19H13ClN4OS. The average molecular weight is 381 g/mol. The summed E-state index contributed by atoms with van der Waals surface area (Å²) in [7, 11) is 0. The molecule has 1 aliphatic heterocycles. The van der Waals surface area contributed by atoms with Crippen LogP contribution in [0.2, 0.25) is 5.02 Å². The Kier molecular flexibility index (Phi) is 4.41. The van der Waals surface area contributed by atoms with Crippen LogP contribution < -0.4 is 10.5 Å². The fraction of sp³-hybridized carbons (Fsp3) is 0.105. The van der Waals surface area contributed by atoms with E-state index in [4.69, 9.17) is 11.6 Å². The van der Waals surface area contributed by atoms with Crippen molar-refractivity contribution in [1.82, 2.24) is 9.55 Å². The molecule has 0 N–H and O–H groups in total. The van der Waals surface area contributed by atoms with Gasteiger partial charge in [0.2, 0.25) is 0 Å². The minimum atomic E-state index is -0.333. The monoisotopic (exact) mass is 380 g/mol. The molecule has 0 saturated carbocycles. The molecule has 2 heterocycles. The molecule has 128 valence electrons. The first-order valence-corrected chi connectivity index (χ1v) is 9.28. The number of para-hydroxylation sites is 1. The Morgan fingerprint density at radius 1 is 1.12 bits per heavy atom. The second-order valence-corrected chi connectivity index (χ2v) is 7.05. The molecule has 0 bridgehead atoms. The summed E-state index contributed by atoms with van der Waals surface area (Å²) in [4.78, 5) is 19.5. The number of benzene rings is 2. The van der Waals surface area contributed by atoms with Gasteiger partial charge in [-0.3, -0.25) is 9.36 Å². The Morgan fingerprint density at radius 2 is 1.85 bits per heavy atom. The number of thioether (sulfide) groups is 1. The van der Waals surface area contributed by atoms with Crippen LogP contribution in [0, 0.1) is 11.3 Å². The quantitative estimate of drug-likeness (QED) is 0.629. The lowest BCUT2D eigenvalue weighted by atomic mass is 10.1. The van der Waals surface area contributed by atoms with Gasteiger partial charge in [0.25, 0.3) is 5.56 Å². The number of aromatic nitrogens is 2. The standard InChI is InChI=1S/C19H13ClN4OS/c20-15-8-4-5-9-16(15)23-11-24-18(25)14(10-21)17(22-19(24)26-12-23)13-6-2-1-3-7-13/h1-9H,11-12H2. The van der Waals surface area contributed by atoms with Crippen LogP contribution in [0.4, 0.5) is 5.69 Å². The predicted octanol–water partition coefficient (Wildman–Crippen LogP) is 3.96. The maximum Gasteiger partial charge on any atom is 0.274 e. The topological polar surface area (TPSA) is 61.9 Å². The van der Waals surface area contributed by atoms with Gasteiger partial charge in [-0.15, -0.1) is 0 Å². The first kappa shape index (κ1) is 16.7. The second kappa shape index (κ2) is 6.87. The van der Waals surface area contributed by atoms with Crippen molar-refractivity contribution in [1.29, 1.82) is 5.26 Å². The summed E-state index contributed by atoms with van der Waals surface area (Å²) >= 11 is 7.73. The Hall–Kier alpha value is -2.75. The second-order valence-electron chi connectivity index (χ2n) is 5.74. The number of nitrogens with zero attached hydrogens (tertiary/aromatic N) is 4. The number of hydrogen-bond donors (Lipinski definition) is 0. The molecule has 0 saturated heterocycles. The summed E-state index contributed by atoms with van der Waals surface area (Å²) in [5.74, 6) is 0.621. The van der Waals surface area contributed by atoms with E-state index >= 15 is 0 Å². The number of fused-ring (bicyclic) bond motifs is 1. The summed E-state index contributed by atoms with van der Waals surface area (Å²) in [5, 5.41) is 10.8. The third-order valence-electron chi connectivity index (χ3n) is 4.15. The zero-order valence-electron chi connectivity index (χ0n) is 13.6. The van der Waals surface area contributed by atoms with Crippen LogP contribution in [-0.4, -0.2) is 15.4 Å². The van der Waals surface area contributed by atoms with Crippen molar-refractivity contribution < 1.29 is 0 Å². The minimum Gasteiger partial charge on any atom is -0.342 e. The summed E-state index contributed by atoms with van der Waals surface area (Å²) in [6.07, 6.45) is 0. The largest absolute Gasteiger partial charge is 0.342 e. The number of nitriles is 1. The van der Waals surface area contributed by atoms with Crippen LogP contribution in [0.1, 0.15) is 5.56 Å². The highest BCUT2D eigenvalue weighted by atomic mass is 35.5. The Bertz CT molecular complexity index is 1080. The number of halogens is 1. The van der Waals surface area contributed by atoms with Gasteiger partial charge in [0, 0.05) is 5.56 Å². The molecule has 0 atom stereocenters. The van der Waals surface area contributed by atoms with E-state index in [0.29, 0.717) is 28.4 Å². The molecule has 7 heteroatoms. The van der Waals surface area contributed by atoms with Crippen molar-refractivity contribution in [2.24, 2.45) is 0 Å². The smallest absolute Gasteiger partial charge is 0.274 e. The summed E-state index contributed by atoms with van der Waals surface area (Å²) in [6.45, 7) is 0.307. The van der Waals surface area contributed by atoms with Gasteiger partial charge in [-0.1, -0.05) is 65.8 Å². The molecule has 3 aromatic rings. The van der Waals surface area contributed by atoms with Crippen molar-refractivity contribution in [3.05, 3.63) is 75.5 Å². The number of hydrogen-bond acceptors (Lipinski definition) is 5. The van der Waals surface area contributed by atoms with Gasteiger partial charge in [0.1, 0.15) is 18.3 Å². The van der Waals surface area contributed by atoms with E-state index in [9.17, 15) is 10.1 Å². The maximum atomic E-state index is 12.9. The van der Waals surface area contributed by atoms with Crippen LogP contribution in [0.3, 0.4) is 0 Å². The van der Waals surface area contributed by atoms with E-state index in [0.717, 1.165) is 11.3 Å². The fourth-order valence-electron chi connectivity index (χ4n) is 2.88. The van der Waals surface area contributed by atoms with E-state index < -0.39 is 0 Å². The van der Waals surface area contributed by atoms with Crippen LogP contribution in [-0.2, 0) is 6.67 Å². The zero-order chi connectivity index (χ0) is 18.1. The van der Waals surface area contributed by atoms with Gasteiger partial charge >= 0.3 is 0 Å². The summed E-state index contributed by atoms with van der Waals surface area (Å²) in [6, 6.07) is 18.8. The molecule has 0 radical (unpaired) electrons. The van der Waals surface area contributed by atoms with Crippen molar-refractivity contribution in [2.75, 3.05) is 10.8 Å². The van der Waals surface area contributed by atoms with E-state index in [1.165, 1.54) is 16.3 Å². The van der Waals surface area contributed by atoms with Crippen molar-refractivity contribution in [3.8, 4) is 17.3 Å². The Balaban J connectivity index is 1.81. The molecule has 26 heavy (non-hydrogen) atoms. The highest BCUT2D eigenvalue weighted by Crippen LogP contribution is 2.32. The van der Waals surface area contributed by atoms with E-state index in [1.54, 1.807) is 0 Å². The van der Waals surface area contributed by atoms with Gasteiger partial charge in [0.05, 0.1) is 22.3 Å².